The lowest BCUT2D eigenvalue weighted by Gasteiger charge is -2.20. The van der Waals surface area contributed by atoms with Crippen LogP contribution in [0.4, 0.5) is 0 Å². The molecule has 3 nitrogen and oxygen atoms in total. The van der Waals surface area contributed by atoms with Crippen molar-refractivity contribution in [3.05, 3.63) is 57.4 Å². The fraction of sp³-hybridized carbons (Fsp3) is 0.368. The molecule has 3 rings (SSSR count). The molecule has 2 aromatic rings. The molecule has 1 aliphatic rings. The smallest absolute Gasteiger partial charge is 0.269 e. The molecule has 0 unspecified atom stereocenters. The molecule has 3 heteroatoms. The minimum atomic E-state index is -0.146. The Morgan fingerprint density at radius 2 is 1.86 bits per heavy atom. The first-order chi connectivity index (χ1) is 10.6. The van der Waals surface area contributed by atoms with E-state index in [1.807, 2.05) is 16.7 Å². The number of hydrogen-bond donors (Lipinski definition) is 0. The van der Waals surface area contributed by atoms with Crippen molar-refractivity contribution >= 4 is 0 Å². The lowest BCUT2D eigenvalue weighted by molar-refractivity contribution is 0.507. The maximum absolute atomic E-state index is 12.7. The molecule has 0 bridgehead atoms. The Morgan fingerprint density at radius 1 is 1.14 bits per heavy atom. The van der Waals surface area contributed by atoms with Crippen LogP contribution in [-0.2, 0) is 0 Å². The van der Waals surface area contributed by atoms with Gasteiger partial charge in [0.05, 0.1) is 5.69 Å². The number of benzene rings is 1. The van der Waals surface area contributed by atoms with E-state index in [1.54, 1.807) is 6.07 Å². The van der Waals surface area contributed by atoms with Gasteiger partial charge in [-0.05, 0) is 50.5 Å². The Kier molecular flexibility index (Phi) is 3.85. The highest BCUT2D eigenvalue weighted by molar-refractivity contribution is 5.65. The van der Waals surface area contributed by atoms with Gasteiger partial charge in [0, 0.05) is 11.6 Å². The van der Waals surface area contributed by atoms with Gasteiger partial charge in [-0.15, -0.1) is 0 Å². The topological polar surface area (TPSA) is 45.8 Å². The summed E-state index contributed by atoms with van der Waals surface area (Å²) in [7, 11) is 0. The Labute approximate surface area is 130 Å². The van der Waals surface area contributed by atoms with Crippen molar-refractivity contribution in [3.8, 4) is 17.3 Å². The molecular weight excluding hydrogens is 272 g/mol. The van der Waals surface area contributed by atoms with Crippen LogP contribution in [0.25, 0.3) is 11.3 Å². The van der Waals surface area contributed by atoms with Crippen LogP contribution < -0.4 is 5.56 Å². The standard InChI is InChI=1S/C19H20N2O/c1-13-7-8-14(2)17(11-13)18-10-9-15(12-20)19(22)21(18)16-5-3-4-6-16/h7-11,16H,3-6H2,1-2H3. The summed E-state index contributed by atoms with van der Waals surface area (Å²) in [5.41, 5.74) is 4.45. The molecule has 0 atom stereocenters. The van der Waals surface area contributed by atoms with Gasteiger partial charge in [0.1, 0.15) is 11.6 Å². The molecule has 1 aromatic heterocycles. The average molecular weight is 292 g/mol. The summed E-state index contributed by atoms with van der Waals surface area (Å²) < 4.78 is 1.87. The molecule has 22 heavy (non-hydrogen) atoms. The highest BCUT2D eigenvalue weighted by atomic mass is 16.1. The third-order valence-corrected chi connectivity index (χ3v) is 4.60. The second-order valence-electron chi connectivity index (χ2n) is 6.18. The molecule has 1 fully saturated rings. The largest absolute Gasteiger partial charge is 0.304 e. The van der Waals surface area contributed by atoms with Crippen LogP contribution in [0.1, 0.15) is 48.4 Å². The number of aryl methyl sites for hydroxylation is 2. The lowest BCUT2D eigenvalue weighted by atomic mass is 10.0. The highest BCUT2D eigenvalue weighted by Gasteiger charge is 2.22. The molecule has 0 radical (unpaired) electrons. The van der Waals surface area contributed by atoms with Crippen molar-refractivity contribution in [1.82, 2.24) is 4.57 Å². The van der Waals surface area contributed by atoms with Crippen LogP contribution in [0.15, 0.2) is 35.1 Å². The van der Waals surface area contributed by atoms with Gasteiger partial charge in [-0.1, -0.05) is 30.5 Å². The monoisotopic (exact) mass is 292 g/mol. The van der Waals surface area contributed by atoms with Gasteiger partial charge in [-0.2, -0.15) is 5.26 Å². The van der Waals surface area contributed by atoms with Crippen LogP contribution in [0.3, 0.4) is 0 Å². The van der Waals surface area contributed by atoms with Crippen LogP contribution in [0, 0.1) is 25.2 Å². The molecular formula is C19H20N2O. The first-order valence-corrected chi connectivity index (χ1v) is 7.85. The molecule has 1 heterocycles. The van der Waals surface area contributed by atoms with E-state index in [9.17, 15) is 10.1 Å². The van der Waals surface area contributed by atoms with Gasteiger partial charge in [0.2, 0.25) is 0 Å². The average Bonchev–Trinajstić information content (AvgIpc) is 3.03. The van der Waals surface area contributed by atoms with E-state index in [4.69, 9.17) is 0 Å². The molecule has 0 N–H and O–H groups in total. The quantitative estimate of drug-likeness (QED) is 0.836. The van der Waals surface area contributed by atoms with E-state index in [0.717, 1.165) is 42.5 Å². The van der Waals surface area contributed by atoms with Crippen molar-refractivity contribution in [1.29, 1.82) is 5.26 Å². The molecule has 1 aliphatic carbocycles. The predicted octanol–water partition coefficient (Wildman–Crippen LogP) is 4.12. The van der Waals surface area contributed by atoms with Crippen molar-refractivity contribution in [2.24, 2.45) is 0 Å². The first-order valence-electron chi connectivity index (χ1n) is 7.85. The van der Waals surface area contributed by atoms with Crippen LogP contribution >= 0.6 is 0 Å². The van der Waals surface area contributed by atoms with Crippen LogP contribution in [-0.4, -0.2) is 4.57 Å². The van der Waals surface area contributed by atoms with Crippen molar-refractivity contribution in [3.63, 3.8) is 0 Å². The number of rotatable bonds is 2. The summed E-state index contributed by atoms with van der Waals surface area (Å²) in [4.78, 5) is 12.7. The van der Waals surface area contributed by atoms with Crippen molar-refractivity contribution in [2.75, 3.05) is 0 Å². The van der Waals surface area contributed by atoms with Gasteiger partial charge in [-0.3, -0.25) is 4.79 Å². The third-order valence-electron chi connectivity index (χ3n) is 4.60. The van der Waals surface area contributed by atoms with Crippen molar-refractivity contribution in [2.45, 2.75) is 45.6 Å². The fourth-order valence-electron chi connectivity index (χ4n) is 3.39. The first kappa shape index (κ1) is 14.6. The van der Waals surface area contributed by atoms with E-state index in [1.165, 1.54) is 5.56 Å². The summed E-state index contributed by atoms with van der Waals surface area (Å²) in [6, 6.07) is 12.1. The minimum absolute atomic E-state index is 0.146. The van der Waals surface area contributed by atoms with Gasteiger partial charge in [0.15, 0.2) is 0 Å². The molecule has 0 amide bonds. The summed E-state index contributed by atoms with van der Waals surface area (Å²) in [5.74, 6) is 0. The summed E-state index contributed by atoms with van der Waals surface area (Å²) >= 11 is 0. The summed E-state index contributed by atoms with van der Waals surface area (Å²) in [6.45, 7) is 4.13. The highest BCUT2D eigenvalue weighted by Crippen LogP contribution is 2.33. The van der Waals surface area contributed by atoms with E-state index >= 15 is 0 Å². The SMILES string of the molecule is Cc1ccc(C)c(-c2ccc(C#N)c(=O)n2C2CCCC2)c1. The normalized spacial score (nSPS) is 15.0. The molecule has 112 valence electrons. The van der Waals surface area contributed by atoms with Gasteiger partial charge < -0.3 is 4.57 Å². The van der Waals surface area contributed by atoms with E-state index in [0.29, 0.717) is 0 Å². The number of nitrogens with zero attached hydrogens (tertiary/aromatic N) is 2. The van der Waals surface area contributed by atoms with E-state index in [2.05, 4.69) is 32.0 Å². The van der Waals surface area contributed by atoms with Crippen molar-refractivity contribution < 1.29 is 0 Å². The molecule has 1 saturated carbocycles. The van der Waals surface area contributed by atoms with Crippen LogP contribution in [0.2, 0.25) is 0 Å². The number of aromatic nitrogens is 1. The second kappa shape index (κ2) is 5.81. The zero-order chi connectivity index (χ0) is 15.7. The van der Waals surface area contributed by atoms with Gasteiger partial charge in [-0.25, -0.2) is 0 Å². The zero-order valence-electron chi connectivity index (χ0n) is 13.1. The maximum Gasteiger partial charge on any atom is 0.269 e. The molecule has 0 spiro atoms. The Morgan fingerprint density at radius 3 is 2.55 bits per heavy atom. The summed E-state index contributed by atoms with van der Waals surface area (Å²) in [5, 5.41) is 9.18. The molecule has 0 aliphatic heterocycles. The molecule has 0 saturated heterocycles. The fourth-order valence-corrected chi connectivity index (χ4v) is 3.39. The lowest BCUT2D eigenvalue weighted by Crippen LogP contribution is -2.27. The van der Waals surface area contributed by atoms with E-state index < -0.39 is 0 Å². The third kappa shape index (κ3) is 2.46. The predicted molar refractivity (Wildman–Crippen MR) is 87.8 cm³/mol. The number of pyridine rings is 1. The second-order valence-corrected chi connectivity index (χ2v) is 6.18. The van der Waals surface area contributed by atoms with Gasteiger partial charge >= 0.3 is 0 Å². The maximum atomic E-state index is 12.7. The Balaban J connectivity index is 2.27. The Bertz CT molecular complexity index is 805. The number of nitriles is 1. The Hall–Kier alpha value is -2.34. The minimum Gasteiger partial charge on any atom is -0.304 e. The zero-order valence-corrected chi connectivity index (χ0v) is 13.1. The number of hydrogen-bond acceptors (Lipinski definition) is 2. The van der Waals surface area contributed by atoms with Crippen LogP contribution in [0.5, 0.6) is 0 Å². The summed E-state index contributed by atoms with van der Waals surface area (Å²) in [6.07, 6.45) is 4.35. The van der Waals surface area contributed by atoms with E-state index in [-0.39, 0.29) is 17.2 Å². The van der Waals surface area contributed by atoms with Gasteiger partial charge in [0.25, 0.3) is 5.56 Å². The molecule has 1 aromatic carbocycles.